The number of anilines is 1. The molecule has 164 valence electrons. The molecule has 5 rings (SSSR count). The molecule has 0 saturated carbocycles. The molecule has 2 aromatic carbocycles. The maximum atomic E-state index is 13.1. The summed E-state index contributed by atoms with van der Waals surface area (Å²) in [6.45, 7) is 2.04. The Kier molecular flexibility index (Phi) is 4.97. The standard InChI is InChI=1S/C20H16FN5O4S2/c1-11(19-23-17(24-30-19)12-2-5-14(21)6-3-12)22-18(27)13-4-7-15-16(10-13)31-20-25-32(28,29)9-8-26(15)20/h2-7,10-11H,8-9H2,1H3,(H,22,27). The van der Waals surface area contributed by atoms with Crippen molar-refractivity contribution in [1.82, 2.24) is 15.5 Å². The summed E-state index contributed by atoms with van der Waals surface area (Å²) >= 11 is 1.22. The lowest BCUT2D eigenvalue weighted by Crippen LogP contribution is -2.35. The third-order valence-corrected chi connectivity index (χ3v) is 7.30. The van der Waals surface area contributed by atoms with Crippen molar-refractivity contribution in [2.45, 2.75) is 17.9 Å². The van der Waals surface area contributed by atoms with Crippen molar-refractivity contribution in [1.29, 1.82) is 0 Å². The van der Waals surface area contributed by atoms with E-state index < -0.39 is 16.1 Å². The van der Waals surface area contributed by atoms with Gasteiger partial charge in [-0.2, -0.15) is 4.98 Å². The molecule has 9 nitrogen and oxygen atoms in total. The van der Waals surface area contributed by atoms with E-state index in [-0.39, 0.29) is 23.4 Å². The molecule has 3 aromatic rings. The van der Waals surface area contributed by atoms with Crippen LogP contribution in [0.3, 0.4) is 0 Å². The van der Waals surface area contributed by atoms with Crippen LogP contribution in [-0.2, 0) is 10.0 Å². The number of fused-ring (bicyclic) bond motifs is 3. The molecule has 2 aliphatic rings. The minimum atomic E-state index is -3.44. The topological polar surface area (TPSA) is 118 Å². The number of rotatable bonds is 4. The van der Waals surface area contributed by atoms with Gasteiger partial charge in [-0.05, 0) is 61.2 Å². The molecular weight excluding hydrogens is 457 g/mol. The van der Waals surface area contributed by atoms with E-state index in [2.05, 4.69) is 19.9 Å². The van der Waals surface area contributed by atoms with E-state index >= 15 is 0 Å². The molecule has 1 amide bonds. The first kappa shape index (κ1) is 20.6. The van der Waals surface area contributed by atoms with Crippen molar-refractivity contribution in [3.05, 3.63) is 59.7 Å². The molecule has 12 heteroatoms. The first-order valence-corrected chi connectivity index (χ1v) is 12.0. The fourth-order valence-electron chi connectivity index (χ4n) is 3.34. The Labute approximate surface area is 186 Å². The predicted molar refractivity (Wildman–Crippen MR) is 116 cm³/mol. The lowest BCUT2D eigenvalue weighted by atomic mass is 10.1. The number of hydrogen-bond donors (Lipinski definition) is 1. The number of aromatic nitrogens is 2. The third-order valence-electron chi connectivity index (χ3n) is 5.00. The van der Waals surface area contributed by atoms with Crippen molar-refractivity contribution in [2.24, 2.45) is 4.40 Å². The molecular formula is C20H16FN5O4S2. The summed E-state index contributed by atoms with van der Waals surface area (Å²) < 4.78 is 45.7. The number of sulfonamides is 1. The zero-order valence-corrected chi connectivity index (χ0v) is 18.3. The van der Waals surface area contributed by atoms with Crippen LogP contribution in [0.25, 0.3) is 11.4 Å². The first-order chi connectivity index (χ1) is 15.3. The molecule has 0 bridgehead atoms. The second kappa shape index (κ2) is 7.71. The maximum absolute atomic E-state index is 13.1. The highest BCUT2D eigenvalue weighted by atomic mass is 32.2. The van der Waals surface area contributed by atoms with Crippen molar-refractivity contribution in [3.8, 4) is 11.4 Å². The molecule has 0 fully saturated rings. The Hall–Kier alpha value is -3.25. The molecule has 3 heterocycles. The summed E-state index contributed by atoms with van der Waals surface area (Å²) in [6, 6.07) is 10.3. The minimum Gasteiger partial charge on any atom is -0.341 e. The van der Waals surface area contributed by atoms with Crippen molar-refractivity contribution in [3.63, 3.8) is 0 Å². The number of amidine groups is 1. The van der Waals surface area contributed by atoms with Gasteiger partial charge in [-0.15, -0.1) is 4.40 Å². The molecule has 1 aromatic heterocycles. The van der Waals surface area contributed by atoms with Gasteiger partial charge in [-0.3, -0.25) is 4.79 Å². The average molecular weight is 474 g/mol. The number of amides is 1. The lowest BCUT2D eigenvalue weighted by molar-refractivity contribution is 0.0932. The Morgan fingerprint density at radius 2 is 2.03 bits per heavy atom. The van der Waals surface area contributed by atoms with Gasteiger partial charge in [-0.1, -0.05) is 5.16 Å². The summed E-state index contributed by atoms with van der Waals surface area (Å²) in [5.41, 5.74) is 1.83. The minimum absolute atomic E-state index is 0.0413. The van der Waals surface area contributed by atoms with E-state index in [1.807, 2.05) is 4.90 Å². The van der Waals surface area contributed by atoms with Crippen LogP contribution in [0.1, 0.15) is 29.2 Å². The molecule has 1 N–H and O–H groups in total. The van der Waals surface area contributed by atoms with Crippen LogP contribution in [0.2, 0.25) is 0 Å². The van der Waals surface area contributed by atoms with E-state index in [9.17, 15) is 17.6 Å². The van der Waals surface area contributed by atoms with Crippen LogP contribution < -0.4 is 10.2 Å². The third kappa shape index (κ3) is 3.86. The van der Waals surface area contributed by atoms with Gasteiger partial charge in [0, 0.05) is 22.6 Å². The Bertz CT molecular complexity index is 1350. The summed E-state index contributed by atoms with van der Waals surface area (Å²) in [6.07, 6.45) is 0. The summed E-state index contributed by atoms with van der Waals surface area (Å²) in [7, 11) is -3.44. The van der Waals surface area contributed by atoms with Gasteiger partial charge >= 0.3 is 0 Å². The molecule has 0 saturated heterocycles. The SMILES string of the molecule is CC(NC(=O)c1ccc2c(c1)SC1=NS(=O)(=O)CCN12)c1nc(-c2ccc(F)cc2)no1. The summed E-state index contributed by atoms with van der Waals surface area (Å²) in [5.74, 6) is -0.245. The molecule has 0 spiro atoms. The monoisotopic (exact) mass is 473 g/mol. The Balaban J connectivity index is 1.31. The number of halogens is 1. The number of nitrogens with one attached hydrogen (secondary N) is 1. The highest BCUT2D eigenvalue weighted by molar-refractivity contribution is 8.15. The quantitative estimate of drug-likeness (QED) is 0.615. The number of nitrogens with zero attached hydrogens (tertiary/aromatic N) is 4. The number of carbonyl (C=O) groups excluding carboxylic acids is 1. The van der Waals surface area contributed by atoms with Crippen LogP contribution in [0.4, 0.5) is 10.1 Å². The van der Waals surface area contributed by atoms with Crippen molar-refractivity contribution in [2.75, 3.05) is 17.2 Å². The first-order valence-electron chi connectivity index (χ1n) is 9.61. The van der Waals surface area contributed by atoms with Crippen LogP contribution >= 0.6 is 11.8 Å². The second-order valence-corrected chi connectivity index (χ2v) is 10.0. The van der Waals surface area contributed by atoms with Crippen molar-refractivity contribution < 1.29 is 22.1 Å². The maximum Gasteiger partial charge on any atom is 0.257 e. The van der Waals surface area contributed by atoms with Gasteiger partial charge in [0.15, 0.2) is 5.17 Å². The fraction of sp³-hybridized carbons (Fsp3) is 0.200. The van der Waals surface area contributed by atoms with Gasteiger partial charge < -0.3 is 14.7 Å². The molecule has 0 radical (unpaired) electrons. The van der Waals surface area contributed by atoms with Crippen LogP contribution in [0, 0.1) is 5.82 Å². The van der Waals surface area contributed by atoms with E-state index in [0.29, 0.717) is 28.7 Å². The van der Waals surface area contributed by atoms with E-state index in [1.54, 1.807) is 37.3 Å². The van der Waals surface area contributed by atoms with Gasteiger partial charge in [0.25, 0.3) is 15.9 Å². The zero-order chi connectivity index (χ0) is 22.5. The molecule has 1 atom stereocenters. The largest absolute Gasteiger partial charge is 0.341 e. The lowest BCUT2D eigenvalue weighted by Gasteiger charge is -2.22. The molecule has 32 heavy (non-hydrogen) atoms. The van der Waals surface area contributed by atoms with Gasteiger partial charge in [0.2, 0.25) is 11.7 Å². The van der Waals surface area contributed by atoms with Crippen LogP contribution in [-0.4, -0.2) is 41.9 Å². The summed E-state index contributed by atoms with van der Waals surface area (Å²) in [4.78, 5) is 19.6. The Morgan fingerprint density at radius 1 is 1.25 bits per heavy atom. The van der Waals surface area contributed by atoms with Gasteiger partial charge in [0.1, 0.15) is 11.9 Å². The number of carbonyl (C=O) groups is 1. The van der Waals surface area contributed by atoms with Crippen LogP contribution in [0.5, 0.6) is 0 Å². The number of hydrogen-bond acceptors (Lipinski definition) is 8. The van der Waals surface area contributed by atoms with E-state index in [1.165, 1.54) is 23.9 Å². The van der Waals surface area contributed by atoms with Gasteiger partial charge in [-0.25, -0.2) is 12.8 Å². The summed E-state index contributed by atoms with van der Waals surface area (Å²) in [5, 5.41) is 7.10. The smallest absolute Gasteiger partial charge is 0.257 e. The normalized spacial score (nSPS) is 17.3. The highest BCUT2D eigenvalue weighted by Gasteiger charge is 2.33. The Morgan fingerprint density at radius 3 is 2.81 bits per heavy atom. The molecule has 1 unspecified atom stereocenters. The number of thioether (sulfide) groups is 1. The van der Waals surface area contributed by atoms with Crippen molar-refractivity contribution >= 4 is 38.5 Å². The van der Waals surface area contributed by atoms with E-state index in [0.717, 1.165) is 10.6 Å². The average Bonchev–Trinajstić information content (AvgIpc) is 3.37. The predicted octanol–water partition coefficient (Wildman–Crippen LogP) is 2.98. The molecule has 0 aliphatic carbocycles. The fourth-order valence-corrected chi connectivity index (χ4v) is 5.64. The molecule has 2 aliphatic heterocycles. The highest BCUT2D eigenvalue weighted by Crippen LogP contribution is 2.42. The zero-order valence-electron chi connectivity index (χ0n) is 16.6. The van der Waals surface area contributed by atoms with Crippen LogP contribution in [0.15, 0.2) is 56.3 Å². The second-order valence-electron chi connectivity index (χ2n) is 7.25. The number of benzene rings is 2. The van der Waals surface area contributed by atoms with Gasteiger partial charge in [0.05, 0.1) is 11.4 Å². The van der Waals surface area contributed by atoms with E-state index in [4.69, 9.17) is 4.52 Å².